The lowest BCUT2D eigenvalue weighted by Gasteiger charge is -2.21. The third-order valence-electron chi connectivity index (χ3n) is 7.40. The van der Waals surface area contributed by atoms with E-state index in [1.165, 1.54) is 0 Å². The lowest BCUT2D eigenvalue weighted by Crippen LogP contribution is -2.51. The van der Waals surface area contributed by atoms with Crippen molar-refractivity contribution in [2.45, 2.75) is 64.0 Å². The Kier molecular flexibility index (Phi) is 16.2. The lowest BCUT2D eigenvalue weighted by molar-refractivity contribution is -0.149. The summed E-state index contributed by atoms with van der Waals surface area (Å²) in [5.74, 6) is -0.0200. The molecule has 0 spiro atoms. The molecule has 0 aliphatic carbocycles. The first-order chi connectivity index (χ1) is 23.7. The highest BCUT2D eigenvalue weighted by Gasteiger charge is 2.27. The molecule has 0 radical (unpaired) electrons. The Balaban J connectivity index is 1.63. The zero-order chi connectivity index (χ0) is 35.4. The minimum atomic E-state index is -1.23. The molecule has 0 bridgehead atoms. The second-order valence-electron chi connectivity index (χ2n) is 11.0. The maximum absolute atomic E-state index is 13.2. The van der Waals surface area contributed by atoms with E-state index in [9.17, 15) is 19.2 Å². The van der Waals surface area contributed by atoms with E-state index in [-0.39, 0.29) is 39.1 Å². The summed E-state index contributed by atoms with van der Waals surface area (Å²) >= 11 is 0. The van der Waals surface area contributed by atoms with Gasteiger partial charge in [-0.3, -0.25) is 4.79 Å². The van der Waals surface area contributed by atoms with E-state index in [0.717, 1.165) is 11.1 Å². The molecule has 2 amide bonds. The fourth-order valence-electron chi connectivity index (χ4n) is 4.52. The van der Waals surface area contributed by atoms with Crippen LogP contribution in [-0.2, 0) is 48.4 Å². The zero-order valence-electron chi connectivity index (χ0n) is 28.1. The molecule has 0 heterocycles. The van der Waals surface area contributed by atoms with Crippen LogP contribution in [0.5, 0.6) is 17.2 Å². The molecule has 0 fully saturated rings. The van der Waals surface area contributed by atoms with Crippen molar-refractivity contribution in [2.24, 2.45) is 5.73 Å². The minimum Gasteiger partial charge on any atom is -0.497 e. The summed E-state index contributed by atoms with van der Waals surface area (Å²) in [6.45, 7) is 0.339. The van der Waals surface area contributed by atoms with Gasteiger partial charge in [0.25, 0.3) is 0 Å². The van der Waals surface area contributed by atoms with Crippen LogP contribution in [0.2, 0.25) is 0 Å². The molecule has 0 aliphatic heterocycles. The molecule has 3 aromatic carbocycles. The Morgan fingerprint density at radius 3 is 1.35 bits per heavy atom. The van der Waals surface area contributed by atoms with Crippen molar-refractivity contribution in [3.05, 3.63) is 89.5 Å². The van der Waals surface area contributed by atoms with Gasteiger partial charge in [0.15, 0.2) is 0 Å². The van der Waals surface area contributed by atoms with Crippen LogP contribution >= 0.6 is 0 Å². The first-order valence-electron chi connectivity index (χ1n) is 15.9. The molecule has 264 valence electrons. The minimum absolute atomic E-state index is 0.0154. The van der Waals surface area contributed by atoms with Crippen LogP contribution in [-0.4, -0.2) is 63.9 Å². The SMILES string of the molecule is COc1ccc(COC(=O)CCC(NC(=O)NC(CCCCN)C(=O)OCc2ccc(OC)cc2)C(=O)OCc2ccc(OC)cc2)cc1. The van der Waals surface area contributed by atoms with Crippen molar-refractivity contribution in [1.82, 2.24) is 10.6 Å². The summed E-state index contributed by atoms with van der Waals surface area (Å²) in [6, 6.07) is 17.9. The fourth-order valence-corrected chi connectivity index (χ4v) is 4.52. The Labute approximate surface area is 286 Å². The molecule has 3 aromatic rings. The molecule has 0 saturated carbocycles. The zero-order valence-corrected chi connectivity index (χ0v) is 28.1. The molecule has 2 unspecified atom stereocenters. The third kappa shape index (κ3) is 13.8. The second-order valence-corrected chi connectivity index (χ2v) is 11.0. The highest BCUT2D eigenvalue weighted by Crippen LogP contribution is 2.16. The molecular weight excluding hydrogens is 634 g/mol. The number of benzene rings is 3. The van der Waals surface area contributed by atoms with E-state index in [4.69, 9.17) is 34.2 Å². The van der Waals surface area contributed by atoms with E-state index >= 15 is 0 Å². The number of hydrogen-bond acceptors (Lipinski definition) is 11. The van der Waals surface area contributed by atoms with Crippen LogP contribution in [0, 0.1) is 0 Å². The van der Waals surface area contributed by atoms with Gasteiger partial charge in [-0.25, -0.2) is 14.4 Å². The molecule has 0 aliphatic rings. The standard InChI is InChI=1S/C36H45N3O10/c1-44-28-13-7-25(8-14-28)22-47-33(40)20-19-32(35(42)49-24-27-11-17-30(46-3)18-12-27)39-36(43)38-31(6-4-5-21-37)34(41)48-23-26-9-15-29(45-2)16-10-26/h7-18,31-32H,4-6,19-24,37H2,1-3H3,(H2,38,39,43). The smallest absolute Gasteiger partial charge is 0.329 e. The second kappa shape index (κ2) is 20.8. The number of unbranched alkanes of at least 4 members (excludes halogenated alkanes) is 1. The van der Waals surface area contributed by atoms with Gasteiger partial charge in [0, 0.05) is 6.42 Å². The van der Waals surface area contributed by atoms with Gasteiger partial charge >= 0.3 is 23.9 Å². The number of methoxy groups -OCH3 is 3. The molecular formula is C36H45N3O10. The Bertz CT molecular complexity index is 1460. The van der Waals surface area contributed by atoms with Crippen LogP contribution in [0.3, 0.4) is 0 Å². The van der Waals surface area contributed by atoms with E-state index in [1.54, 1.807) is 94.1 Å². The van der Waals surface area contributed by atoms with Crippen molar-refractivity contribution in [3.63, 3.8) is 0 Å². The van der Waals surface area contributed by atoms with E-state index in [0.29, 0.717) is 42.2 Å². The normalized spacial score (nSPS) is 11.8. The predicted octanol–water partition coefficient (Wildman–Crippen LogP) is 4.19. The number of carbonyl (C=O) groups is 4. The number of nitrogens with one attached hydrogen (secondary N) is 2. The molecule has 2 atom stereocenters. The van der Waals surface area contributed by atoms with Crippen LogP contribution < -0.4 is 30.6 Å². The van der Waals surface area contributed by atoms with Crippen molar-refractivity contribution in [1.29, 1.82) is 0 Å². The van der Waals surface area contributed by atoms with E-state index < -0.39 is 36.0 Å². The molecule has 49 heavy (non-hydrogen) atoms. The van der Waals surface area contributed by atoms with Gasteiger partial charge < -0.3 is 44.8 Å². The van der Waals surface area contributed by atoms with Crippen molar-refractivity contribution in [3.8, 4) is 17.2 Å². The Morgan fingerprint density at radius 2 is 0.959 bits per heavy atom. The number of ether oxygens (including phenoxy) is 6. The molecule has 0 aromatic heterocycles. The van der Waals surface area contributed by atoms with Crippen molar-refractivity contribution < 1.29 is 47.6 Å². The quantitative estimate of drug-likeness (QED) is 0.0888. The van der Waals surface area contributed by atoms with Crippen molar-refractivity contribution >= 4 is 23.9 Å². The largest absolute Gasteiger partial charge is 0.497 e. The number of carbonyl (C=O) groups excluding carboxylic acids is 4. The van der Waals surface area contributed by atoms with Gasteiger partial charge in [0.1, 0.15) is 49.2 Å². The number of amides is 2. The lowest BCUT2D eigenvalue weighted by atomic mass is 10.1. The number of esters is 3. The van der Waals surface area contributed by atoms with Crippen LogP contribution in [0.15, 0.2) is 72.8 Å². The van der Waals surface area contributed by atoms with Crippen LogP contribution in [0.25, 0.3) is 0 Å². The fraction of sp³-hybridized carbons (Fsp3) is 0.389. The Morgan fingerprint density at radius 1 is 0.571 bits per heavy atom. The van der Waals surface area contributed by atoms with E-state index in [2.05, 4.69) is 10.6 Å². The Hall–Kier alpha value is -5.30. The molecule has 13 nitrogen and oxygen atoms in total. The van der Waals surface area contributed by atoms with Gasteiger partial charge in [-0.1, -0.05) is 36.4 Å². The van der Waals surface area contributed by atoms with Gasteiger partial charge in [-0.2, -0.15) is 0 Å². The van der Waals surface area contributed by atoms with Gasteiger partial charge in [0.05, 0.1) is 21.3 Å². The first kappa shape index (κ1) is 38.2. The average molecular weight is 680 g/mol. The number of hydrogen-bond donors (Lipinski definition) is 3. The number of rotatable bonds is 20. The van der Waals surface area contributed by atoms with Crippen LogP contribution in [0.4, 0.5) is 4.79 Å². The summed E-state index contributed by atoms with van der Waals surface area (Å²) < 4.78 is 31.8. The summed E-state index contributed by atoms with van der Waals surface area (Å²) in [4.78, 5) is 52.0. The maximum atomic E-state index is 13.2. The van der Waals surface area contributed by atoms with Crippen LogP contribution in [0.1, 0.15) is 48.8 Å². The molecule has 13 heteroatoms. The summed E-state index contributed by atoms with van der Waals surface area (Å²) in [5, 5.41) is 5.17. The monoisotopic (exact) mass is 679 g/mol. The average Bonchev–Trinajstić information content (AvgIpc) is 3.13. The summed E-state index contributed by atoms with van der Waals surface area (Å²) in [5.41, 5.74) is 7.81. The van der Waals surface area contributed by atoms with Gasteiger partial charge in [0.2, 0.25) is 0 Å². The first-order valence-corrected chi connectivity index (χ1v) is 15.9. The van der Waals surface area contributed by atoms with E-state index in [1.807, 2.05) is 0 Å². The molecule has 3 rings (SSSR count). The number of urea groups is 1. The summed E-state index contributed by atoms with van der Waals surface area (Å²) in [7, 11) is 4.65. The van der Waals surface area contributed by atoms with Gasteiger partial charge in [-0.05, 0) is 85.3 Å². The predicted molar refractivity (Wildman–Crippen MR) is 180 cm³/mol. The van der Waals surface area contributed by atoms with Gasteiger partial charge in [-0.15, -0.1) is 0 Å². The topological polar surface area (TPSA) is 174 Å². The summed E-state index contributed by atoms with van der Waals surface area (Å²) in [6.07, 6.45) is 1.13. The third-order valence-corrected chi connectivity index (χ3v) is 7.40. The molecule has 0 saturated heterocycles. The highest BCUT2D eigenvalue weighted by atomic mass is 16.5. The highest BCUT2D eigenvalue weighted by molar-refractivity contribution is 5.87. The van der Waals surface area contributed by atoms with Crippen molar-refractivity contribution in [2.75, 3.05) is 27.9 Å². The maximum Gasteiger partial charge on any atom is 0.329 e. The molecule has 4 N–H and O–H groups in total. The number of nitrogens with two attached hydrogens (primary N) is 1.